The summed E-state index contributed by atoms with van der Waals surface area (Å²) >= 11 is 7.85. The molecule has 0 saturated carbocycles. The van der Waals surface area contributed by atoms with E-state index in [1.54, 1.807) is 11.8 Å². The van der Waals surface area contributed by atoms with E-state index in [9.17, 15) is 0 Å². The Hall–Kier alpha value is -2.24. The molecular formula is C20H20ClN3OS. The van der Waals surface area contributed by atoms with Crippen molar-refractivity contribution in [2.45, 2.75) is 30.5 Å². The molecule has 0 saturated heterocycles. The lowest BCUT2D eigenvalue weighted by atomic mass is 10.2. The number of aromatic nitrogens is 3. The van der Waals surface area contributed by atoms with Gasteiger partial charge in [0.2, 0.25) is 0 Å². The first kappa shape index (κ1) is 18.5. The Kier molecular flexibility index (Phi) is 6.36. The van der Waals surface area contributed by atoms with Crippen LogP contribution >= 0.6 is 23.4 Å². The molecule has 3 rings (SSSR count). The van der Waals surface area contributed by atoms with Crippen LogP contribution in [0.15, 0.2) is 72.4 Å². The predicted octanol–water partition coefficient (Wildman–Crippen LogP) is 5.55. The van der Waals surface area contributed by atoms with Crippen molar-refractivity contribution in [3.8, 4) is 5.75 Å². The zero-order valence-electron chi connectivity index (χ0n) is 14.5. The molecule has 1 atom stereocenters. The lowest BCUT2D eigenvalue weighted by Gasteiger charge is -2.15. The van der Waals surface area contributed by atoms with Gasteiger partial charge in [0.25, 0.3) is 0 Å². The van der Waals surface area contributed by atoms with E-state index in [2.05, 4.69) is 16.8 Å². The number of ether oxygens (including phenoxy) is 1. The minimum Gasteiger partial charge on any atom is -0.483 e. The van der Waals surface area contributed by atoms with Crippen molar-refractivity contribution < 1.29 is 4.74 Å². The van der Waals surface area contributed by atoms with Gasteiger partial charge in [-0.25, -0.2) is 0 Å². The molecule has 3 aromatic rings. The van der Waals surface area contributed by atoms with Crippen molar-refractivity contribution in [3.63, 3.8) is 0 Å². The van der Waals surface area contributed by atoms with Crippen molar-refractivity contribution in [3.05, 3.63) is 83.7 Å². The molecule has 0 bridgehead atoms. The standard InChI is InChI=1S/C20H20ClN3OS/c1-3-13-24-19(15(2)25-17-10-5-4-6-11-17)22-23-20(24)26-14-16-9-7-8-12-18(16)21/h3-12,15H,1,13-14H2,2H3/t15-/m1/s1. The van der Waals surface area contributed by atoms with Crippen molar-refractivity contribution >= 4 is 23.4 Å². The normalized spacial score (nSPS) is 11.9. The Morgan fingerprint density at radius 1 is 1.15 bits per heavy atom. The number of hydrogen-bond acceptors (Lipinski definition) is 4. The molecule has 1 aromatic heterocycles. The summed E-state index contributed by atoms with van der Waals surface area (Å²) in [6.07, 6.45) is 1.61. The quantitative estimate of drug-likeness (QED) is 0.376. The number of halogens is 1. The van der Waals surface area contributed by atoms with E-state index in [1.807, 2.05) is 72.2 Å². The second kappa shape index (κ2) is 8.92. The van der Waals surface area contributed by atoms with Gasteiger partial charge in [-0.1, -0.05) is 65.8 Å². The SMILES string of the molecule is C=CCn1c(SCc2ccccc2Cl)nnc1[C@@H](C)Oc1ccccc1. The molecule has 0 N–H and O–H groups in total. The highest BCUT2D eigenvalue weighted by Gasteiger charge is 2.19. The van der Waals surface area contributed by atoms with Crippen LogP contribution in [0.2, 0.25) is 5.02 Å². The third-order valence-corrected chi connectivity index (χ3v) is 5.18. The van der Waals surface area contributed by atoms with Crippen LogP contribution in [0.5, 0.6) is 5.75 Å². The molecule has 0 amide bonds. The molecule has 6 heteroatoms. The molecule has 0 radical (unpaired) electrons. The highest BCUT2D eigenvalue weighted by atomic mass is 35.5. The fourth-order valence-corrected chi connectivity index (χ4v) is 3.76. The lowest BCUT2D eigenvalue weighted by Crippen LogP contribution is -2.12. The van der Waals surface area contributed by atoms with Crippen molar-refractivity contribution in [2.24, 2.45) is 0 Å². The average molecular weight is 386 g/mol. The maximum Gasteiger partial charge on any atom is 0.191 e. The van der Waals surface area contributed by atoms with Gasteiger partial charge >= 0.3 is 0 Å². The van der Waals surface area contributed by atoms with Crippen LogP contribution < -0.4 is 4.74 Å². The highest BCUT2D eigenvalue weighted by molar-refractivity contribution is 7.98. The summed E-state index contributed by atoms with van der Waals surface area (Å²) in [4.78, 5) is 0. The number of hydrogen-bond donors (Lipinski definition) is 0. The number of thioether (sulfide) groups is 1. The molecule has 0 aliphatic carbocycles. The van der Waals surface area contributed by atoms with Gasteiger partial charge in [0.15, 0.2) is 17.1 Å². The maximum absolute atomic E-state index is 6.25. The van der Waals surface area contributed by atoms with E-state index in [4.69, 9.17) is 16.3 Å². The molecule has 0 fully saturated rings. The fourth-order valence-electron chi connectivity index (χ4n) is 2.52. The second-order valence-electron chi connectivity index (χ2n) is 5.69. The fraction of sp³-hybridized carbons (Fsp3) is 0.200. The second-order valence-corrected chi connectivity index (χ2v) is 7.04. The van der Waals surface area contributed by atoms with Crippen LogP contribution in [0.4, 0.5) is 0 Å². The molecular weight excluding hydrogens is 366 g/mol. The van der Waals surface area contributed by atoms with Crippen LogP contribution in [0, 0.1) is 0 Å². The summed E-state index contributed by atoms with van der Waals surface area (Å²) in [6, 6.07) is 17.5. The smallest absolute Gasteiger partial charge is 0.191 e. The minimum absolute atomic E-state index is 0.223. The Morgan fingerprint density at radius 2 is 1.88 bits per heavy atom. The first-order valence-corrected chi connectivity index (χ1v) is 9.67. The van der Waals surface area contributed by atoms with Crippen molar-refractivity contribution in [1.29, 1.82) is 0 Å². The van der Waals surface area contributed by atoms with Crippen LogP contribution in [0.3, 0.4) is 0 Å². The molecule has 26 heavy (non-hydrogen) atoms. The predicted molar refractivity (Wildman–Crippen MR) is 107 cm³/mol. The number of para-hydroxylation sites is 1. The van der Waals surface area contributed by atoms with Crippen molar-refractivity contribution in [2.75, 3.05) is 0 Å². The van der Waals surface area contributed by atoms with Crippen LogP contribution in [-0.4, -0.2) is 14.8 Å². The van der Waals surface area contributed by atoms with Crippen LogP contribution in [0.1, 0.15) is 24.4 Å². The molecule has 1 heterocycles. The summed E-state index contributed by atoms with van der Waals surface area (Å²) in [6.45, 7) is 6.44. The molecule has 0 unspecified atom stereocenters. The van der Waals surface area contributed by atoms with Gasteiger partial charge in [0.05, 0.1) is 0 Å². The number of allylic oxidation sites excluding steroid dienone is 1. The minimum atomic E-state index is -0.223. The number of nitrogens with zero attached hydrogens (tertiary/aromatic N) is 3. The van der Waals surface area contributed by atoms with Crippen LogP contribution in [0.25, 0.3) is 0 Å². The van der Waals surface area contributed by atoms with Gasteiger partial charge in [0.1, 0.15) is 5.75 Å². The van der Waals surface area contributed by atoms with E-state index in [-0.39, 0.29) is 6.10 Å². The van der Waals surface area contributed by atoms with Gasteiger partial charge in [0, 0.05) is 17.3 Å². The molecule has 4 nitrogen and oxygen atoms in total. The Labute approximate surface area is 162 Å². The summed E-state index contributed by atoms with van der Waals surface area (Å²) in [7, 11) is 0. The largest absolute Gasteiger partial charge is 0.483 e. The first-order chi connectivity index (χ1) is 12.7. The highest BCUT2D eigenvalue weighted by Crippen LogP contribution is 2.28. The van der Waals surface area contributed by atoms with E-state index in [0.717, 1.165) is 33.1 Å². The van der Waals surface area contributed by atoms with E-state index in [0.29, 0.717) is 6.54 Å². The van der Waals surface area contributed by atoms with Gasteiger partial charge < -0.3 is 4.74 Å². The summed E-state index contributed by atoms with van der Waals surface area (Å²) in [5, 5.41) is 10.3. The Morgan fingerprint density at radius 3 is 2.62 bits per heavy atom. The molecule has 134 valence electrons. The Bertz CT molecular complexity index is 867. The molecule has 0 spiro atoms. The van der Waals surface area contributed by atoms with E-state index >= 15 is 0 Å². The van der Waals surface area contributed by atoms with Crippen LogP contribution in [-0.2, 0) is 12.3 Å². The Balaban J connectivity index is 1.77. The third kappa shape index (κ3) is 4.48. The lowest BCUT2D eigenvalue weighted by molar-refractivity contribution is 0.210. The first-order valence-electron chi connectivity index (χ1n) is 8.31. The zero-order chi connectivity index (χ0) is 18.4. The topological polar surface area (TPSA) is 39.9 Å². The summed E-state index contributed by atoms with van der Waals surface area (Å²) < 4.78 is 8.02. The van der Waals surface area contributed by atoms with Gasteiger partial charge in [-0.15, -0.1) is 16.8 Å². The van der Waals surface area contributed by atoms with E-state index in [1.165, 1.54) is 0 Å². The van der Waals surface area contributed by atoms with Gasteiger partial charge in [-0.3, -0.25) is 4.57 Å². The number of rotatable bonds is 8. The van der Waals surface area contributed by atoms with Crippen molar-refractivity contribution in [1.82, 2.24) is 14.8 Å². The summed E-state index contributed by atoms with van der Waals surface area (Å²) in [5.41, 5.74) is 1.07. The molecule has 0 aliphatic rings. The zero-order valence-corrected chi connectivity index (χ0v) is 16.1. The summed E-state index contributed by atoms with van der Waals surface area (Å²) in [5.74, 6) is 2.30. The maximum atomic E-state index is 6.25. The number of benzene rings is 2. The monoisotopic (exact) mass is 385 g/mol. The van der Waals surface area contributed by atoms with Gasteiger partial charge in [-0.05, 0) is 30.7 Å². The van der Waals surface area contributed by atoms with Gasteiger partial charge in [-0.2, -0.15) is 0 Å². The third-order valence-electron chi connectivity index (χ3n) is 3.79. The molecule has 0 aliphatic heterocycles. The average Bonchev–Trinajstić information content (AvgIpc) is 3.05. The van der Waals surface area contributed by atoms with E-state index < -0.39 is 0 Å². The molecule has 2 aromatic carbocycles.